The van der Waals surface area contributed by atoms with Crippen molar-refractivity contribution in [2.45, 2.75) is 26.4 Å². The van der Waals surface area contributed by atoms with Crippen molar-refractivity contribution in [3.8, 4) is 5.88 Å². The highest BCUT2D eigenvalue weighted by Gasteiger charge is 2.08. The summed E-state index contributed by atoms with van der Waals surface area (Å²) in [4.78, 5) is 18.1. The standard InChI is InChI=1S/C9H12N2O3/c1-3-6(2)14-8-5-10-4-7(11-8)9(12)13/h4-6H,3H2,1-2H3,(H,12,13). The van der Waals surface area contributed by atoms with Gasteiger partial charge in [-0.05, 0) is 13.3 Å². The van der Waals surface area contributed by atoms with Gasteiger partial charge in [0.15, 0.2) is 5.69 Å². The number of aromatic nitrogens is 2. The Balaban J connectivity index is 2.78. The number of ether oxygens (including phenoxy) is 1. The van der Waals surface area contributed by atoms with Gasteiger partial charge in [-0.15, -0.1) is 0 Å². The molecule has 5 nitrogen and oxygen atoms in total. The van der Waals surface area contributed by atoms with Crippen LogP contribution in [0, 0.1) is 0 Å². The van der Waals surface area contributed by atoms with E-state index >= 15 is 0 Å². The summed E-state index contributed by atoms with van der Waals surface area (Å²) < 4.78 is 5.32. The van der Waals surface area contributed by atoms with Crippen LogP contribution in [0.3, 0.4) is 0 Å². The minimum absolute atomic E-state index is 0.00773. The summed E-state index contributed by atoms with van der Waals surface area (Å²) in [5.74, 6) is -0.855. The molecule has 1 heterocycles. The molecule has 0 spiro atoms. The van der Waals surface area contributed by atoms with Crippen LogP contribution in [0.25, 0.3) is 0 Å². The second kappa shape index (κ2) is 4.55. The molecule has 5 heteroatoms. The molecule has 0 saturated carbocycles. The van der Waals surface area contributed by atoms with E-state index in [1.54, 1.807) is 0 Å². The third kappa shape index (κ3) is 2.69. The second-order valence-corrected chi connectivity index (χ2v) is 2.88. The lowest BCUT2D eigenvalue weighted by atomic mass is 10.3. The van der Waals surface area contributed by atoms with Gasteiger partial charge in [0.2, 0.25) is 5.88 Å². The zero-order valence-electron chi connectivity index (χ0n) is 8.10. The van der Waals surface area contributed by atoms with Crippen LogP contribution in [0.1, 0.15) is 30.8 Å². The number of carboxylic acids is 1. The number of nitrogens with zero attached hydrogens (tertiary/aromatic N) is 2. The van der Waals surface area contributed by atoms with Crippen LogP contribution in [-0.2, 0) is 0 Å². The number of aromatic carboxylic acids is 1. The Labute approximate surface area is 81.8 Å². The fourth-order valence-electron chi connectivity index (χ4n) is 0.797. The summed E-state index contributed by atoms with van der Waals surface area (Å²) in [6.07, 6.45) is 3.43. The average Bonchev–Trinajstić information content (AvgIpc) is 2.18. The van der Waals surface area contributed by atoms with E-state index < -0.39 is 5.97 Å². The van der Waals surface area contributed by atoms with E-state index in [4.69, 9.17) is 9.84 Å². The van der Waals surface area contributed by atoms with Crippen LogP contribution in [0.2, 0.25) is 0 Å². The highest BCUT2D eigenvalue weighted by atomic mass is 16.5. The minimum atomic E-state index is -1.10. The second-order valence-electron chi connectivity index (χ2n) is 2.88. The van der Waals surface area contributed by atoms with Crippen LogP contribution in [0.5, 0.6) is 5.88 Å². The van der Waals surface area contributed by atoms with Crippen LogP contribution < -0.4 is 4.74 Å². The topological polar surface area (TPSA) is 72.3 Å². The molecule has 1 unspecified atom stereocenters. The predicted molar refractivity (Wildman–Crippen MR) is 49.4 cm³/mol. The molecule has 1 rings (SSSR count). The molecular formula is C9H12N2O3. The Bertz CT molecular complexity index is 328. The van der Waals surface area contributed by atoms with Gasteiger partial charge in [0, 0.05) is 0 Å². The van der Waals surface area contributed by atoms with Gasteiger partial charge in [0.25, 0.3) is 0 Å². The molecule has 0 bridgehead atoms. The molecule has 1 atom stereocenters. The van der Waals surface area contributed by atoms with Crippen molar-refractivity contribution < 1.29 is 14.6 Å². The fourth-order valence-corrected chi connectivity index (χ4v) is 0.797. The summed E-state index contributed by atoms with van der Waals surface area (Å²) in [5, 5.41) is 8.64. The van der Waals surface area contributed by atoms with Gasteiger partial charge in [0.1, 0.15) is 0 Å². The number of carbonyl (C=O) groups is 1. The number of carboxylic acid groups (broad SMARTS) is 1. The van der Waals surface area contributed by atoms with Crippen LogP contribution in [0.4, 0.5) is 0 Å². The molecule has 76 valence electrons. The Morgan fingerprint density at radius 1 is 1.64 bits per heavy atom. The summed E-state index contributed by atoms with van der Waals surface area (Å²) in [5.41, 5.74) is -0.106. The molecule has 1 aromatic heterocycles. The first-order chi connectivity index (χ1) is 6.63. The zero-order chi connectivity index (χ0) is 10.6. The minimum Gasteiger partial charge on any atom is -0.476 e. The van der Waals surface area contributed by atoms with E-state index in [0.29, 0.717) is 0 Å². The molecule has 0 amide bonds. The van der Waals surface area contributed by atoms with Gasteiger partial charge in [-0.25, -0.2) is 9.78 Å². The quantitative estimate of drug-likeness (QED) is 0.786. The monoisotopic (exact) mass is 196 g/mol. The molecule has 0 aliphatic heterocycles. The van der Waals surface area contributed by atoms with E-state index in [1.807, 2.05) is 13.8 Å². The maximum atomic E-state index is 10.6. The molecular weight excluding hydrogens is 184 g/mol. The van der Waals surface area contributed by atoms with Gasteiger partial charge in [-0.2, -0.15) is 0 Å². The lowest BCUT2D eigenvalue weighted by molar-refractivity contribution is 0.0687. The van der Waals surface area contributed by atoms with E-state index in [2.05, 4.69) is 9.97 Å². The third-order valence-corrected chi connectivity index (χ3v) is 1.73. The maximum absolute atomic E-state index is 10.6. The highest BCUT2D eigenvalue weighted by molar-refractivity contribution is 5.84. The third-order valence-electron chi connectivity index (χ3n) is 1.73. The number of rotatable bonds is 4. The first-order valence-corrected chi connectivity index (χ1v) is 4.35. The van der Waals surface area contributed by atoms with Gasteiger partial charge in [-0.3, -0.25) is 4.98 Å². The Kier molecular flexibility index (Phi) is 3.39. The van der Waals surface area contributed by atoms with E-state index in [9.17, 15) is 4.79 Å². The SMILES string of the molecule is CCC(C)Oc1cncc(C(=O)O)n1. The maximum Gasteiger partial charge on any atom is 0.356 e. The Morgan fingerprint density at radius 2 is 2.36 bits per heavy atom. The van der Waals surface area contributed by atoms with Crippen LogP contribution in [-0.4, -0.2) is 27.1 Å². The summed E-state index contributed by atoms with van der Waals surface area (Å²) in [7, 11) is 0. The number of hydrogen-bond donors (Lipinski definition) is 1. The van der Waals surface area contributed by atoms with E-state index in [-0.39, 0.29) is 17.7 Å². The fraction of sp³-hybridized carbons (Fsp3) is 0.444. The first-order valence-electron chi connectivity index (χ1n) is 4.35. The van der Waals surface area contributed by atoms with E-state index in [1.165, 1.54) is 12.4 Å². The molecule has 0 fully saturated rings. The van der Waals surface area contributed by atoms with Crippen molar-refractivity contribution in [1.82, 2.24) is 9.97 Å². The lowest BCUT2D eigenvalue weighted by Gasteiger charge is -2.10. The van der Waals surface area contributed by atoms with Crippen molar-refractivity contribution in [3.05, 3.63) is 18.1 Å². The summed E-state index contributed by atoms with van der Waals surface area (Å²) in [6.45, 7) is 3.86. The smallest absolute Gasteiger partial charge is 0.356 e. The zero-order valence-corrected chi connectivity index (χ0v) is 8.10. The largest absolute Gasteiger partial charge is 0.476 e. The van der Waals surface area contributed by atoms with Gasteiger partial charge < -0.3 is 9.84 Å². The molecule has 0 radical (unpaired) electrons. The Hall–Kier alpha value is -1.65. The molecule has 0 aliphatic rings. The summed E-state index contributed by atoms with van der Waals surface area (Å²) in [6, 6.07) is 0. The lowest BCUT2D eigenvalue weighted by Crippen LogP contribution is -2.12. The molecule has 0 aliphatic carbocycles. The van der Waals surface area contributed by atoms with Crippen molar-refractivity contribution in [2.24, 2.45) is 0 Å². The van der Waals surface area contributed by atoms with Gasteiger partial charge >= 0.3 is 5.97 Å². The average molecular weight is 196 g/mol. The Morgan fingerprint density at radius 3 is 2.93 bits per heavy atom. The van der Waals surface area contributed by atoms with E-state index in [0.717, 1.165) is 6.42 Å². The highest BCUT2D eigenvalue weighted by Crippen LogP contribution is 2.08. The summed E-state index contributed by atoms with van der Waals surface area (Å²) >= 11 is 0. The van der Waals surface area contributed by atoms with Crippen molar-refractivity contribution in [2.75, 3.05) is 0 Å². The van der Waals surface area contributed by atoms with Crippen molar-refractivity contribution in [1.29, 1.82) is 0 Å². The molecule has 14 heavy (non-hydrogen) atoms. The number of hydrogen-bond acceptors (Lipinski definition) is 4. The molecule has 0 saturated heterocycles. The molecule has 1 aromatic rings. The molecule has 1 N–H and O–H groups in total. The van der Waals surface area contributed by atoms with Crippen molar-refractivity contribution >= 4 is 5.97 Å². The van der Waals surface area contributed by atoms with Crippen molar-refractivity contribution in [3.63, 3.8) is 0 Å². The van der Waals surface area contributed by atoms with Gasteiger partial charge in [-0.1, -0.05) is 6.92 Å². The van der Waals surface area contributed by atoms with Crippen LogP contribution >= 0.6 is 0 Å². The first kappa shape index (κ1) is 10.4. The molecule has 0 aromatic carbocycles. The van der Waals surface area contributed by atoms with Gasteiger partial charge in [0.05, 0.1) is 18.5 Å². The normalized spacial score (nSPS) is 12.1. The van der Waals surface area contributed by atoms with Crippen LogP contribution in [0.15, 0.2) is 12.4 Å². The predicted octanol–water partition coefficient (Wildman–Crippen LogP) is 1.35.